The summed E-state index contributed by atoms with van der Waals surface area (Å²) < 4.78 is 62.1. The van der Waals surface area contributed by atoms with Gasteiger partial charge in [-0.3, -0.25) is 4.79 Å². The third-order valence-electron chi connectivity index (χ3n) is 17.2. The molecule has 6 fully saturated rings. The van der Waals surface area contributed by atoms with E-state index in [1.807, 2.05) is 19.9 Å². The molecule has 0 aromatic heterocycles. The maximum atomic E-state index is 13.7. The highest BCUT2D eigenvalue weighted by Gasteiger charge is 2.81. The molecule has 3 saturated carbocycles. The zero-order valence-corrected chi connectivity index (χ0v) is 39.8. The van der Waals surface area contributed by atoms with Gasteiger partial charge in [0.05, 0.1) is 53.7 Å². The molecule has 0 amide bonds. The Hall–Kier alpha value is -2.62. The number of methoxy groups -OCH3 is 3. The molecule has 0 bridgehead atoms. The molecule has 66 heavy (non-hydrogen) atoms. The minimum atomic E-state index is -2.07. The second-order valence-electron chi connectivity index (χ2n) is 20.5. The Kier molecular flexibility index (Phi) is 14.0. The van der Waals surface area contributed by atoms with E-state index in [0.29, 0.717) is 38.5 Å². The van der Waals surface area contributed by atoms with Crippen LogP contribution >= 0.6 is 0 Å². The normalized spacial score (nSPS) is 48.1. The maximum Gasteiger partial charge on any atom is 0.338 e. The SMILES string of the molecule is COC1CC(OC2C(C)OC(OC3C(C)OC(OC4CCC5(C)C(=CCC6(O)C5CC(OC(=O)c5ccc(O)cc5)C5(C)C(O)(C(C)=O)CCC65O)C4)CC3OC)CC2OC)OC(C)C1O. The maximum absolute atomic E-state index is 13.7. The van der Waals surface area contributed by atoms with Crippen molar-refractivity contribution in [1.82, 2.24) is 0 Å². The predicted molar refractivity (Wildman–Crippen MR) is 233 cm³/mol. The van der Waals surface area contributed by atoms with E-state index < -0.39 is 119 Å². The molecule has 3 saturated heterocycles. The molecule has 20 unspecified atom stereocenters. The minimum Gasteiger partial charge on any atom is -0.508 e. The average Bonchev–Trinajstić information content (AvgIpc) is 3.51. The van der Waals surface area contributed by atoms with Crippen LogP contribution in [-0.4, -0.2) is 161 Å². The van der Waals surface area contributed by atoms with Crippen molar-refractivity contribution in [3.8, 4) is 5.75 Å². The molecule has 7 aliphatic rings. The van der Waals surface area contributed by atoms with Crippen LogP contribution in [0.2, 0.25) is 0 Å². The quantitative estimate of drug-likeness (QED) is 0.147. The molecule has 0 spiro atoms. The molecule has 4 aliphatic carbocycles. The van der Waals surface area contributed by atoms with E-state index in [4.69, 9.17) is 47.4 Å². The monoisotopic (exact) mass is 932 g/mol. The summed E-state index contributed by atoms with van der Waals surface area (Å²) in [6.45, 7) is 10.5. The van der Waals surface area contributed by atoms with Crippen LogP contribution in [0.4, 0.5) is 0 Å². The molecule has 8 rings (SSSR count). The molecule has 370 valence electrons. The van der Waals surface area contributed by atoms with Gasteiger partial charge in [0.15, 0.2) is 24.7 Å². The Bertz CT molecular complexity index is 1950. The van der Waals surface area contributed by atoms with Crippen molar-refractivity contribution < 1.29 is 82.5 Å². The number of esters is 1. The molecule has 5 N–H and O–H groups in total. The van der Waals surface area contributed by atoms with Gasteiger partial charge in [-0.05, 0) is 109 Å². The highest BCUT2D eigenvalue weighted by molar-refractivity contribution is 5.90. The van der Waals surface area contributed by atoms with Gasteiger partial charge in [0, 0.05) is 46.5 Å². The molecule has 17 heteroatoms. The minimum absolute atomic E-state index is 0.0274. The average molecular weight is 933 g/mol. The van der Waals surface area contributed by atoms with Gasteiger partial charge in [-0.25, -0.2) is 4.79 Å². The molecule has 1 aromatic rings. The van der Waals surface area contributed by atoms with Crippen molar-refractivity contribution in [1.29, 1.82) is 0 Å². The summed E-state index contributed by atoms with van der Waals surface area (Å²) in [7, 11) is 4.82. The molecule has 3 heterocycles. The van der Waals surface area contributed by atoms with Gasteiger partial charge in [0.25, 0.3) is 0 Å². The fourth-order valence-electron chi connectivity index (χ4n) is 13.2. The topological polar surface area (TPSA) is 228 Å². The van der Waals surface area contributed by atoms with Crippen LogP contribution in [0.3, 0.4) is 0 Å². The molecule has 3 aliphatic heterocycles. The van der Waals surface area contributed by atoms with Gasteiger partial charge in [-0.1, -0.05) is 18.6 Å². The van der Waals surface area contributed by atoms with Gasteiger partial charge in [-0.15, -0.1) is 0 Å². The van der Waals surface area contributed by atoms with Crippen LogP contribution in [0, 0.1) is 16.7 Å². The van der Waals surface area contributed by atoms with Crippen molar-refractivity contribution in [3.05, 3.63) is 41.5 Å². The number of benzene rings is 1. The first-order valence-electron chi connectivity index (χ1n) is 23.7. The fraction of sp³-hybridized carbons (Fsp3) is 0.796. The molecular weight excluding hydrogens is 861 g/mol. The number of carbonyl (C=O) groups excluding carboxylic acids is 2. The second kappa shape index (κ2) is 18.6. The lowest BCUT2D eigenvalue weighted by Gasteiger charge is -2.67. The third-order valence-corrected chi connectivity index (χ3v) is 17.2. The summed E-state index contributed by atoms with van der Waals surface area (Å²) in [5.74, 6) is -1.94. The smallest absolute Gasteiger partial charge is 0.338 e. The van der Waals surface area contributed by atoms with Gasteiger partial charge in [0.1, 0.15) is 47.0 Å². The van der Waals surface area contributed by atoms with Crippen LogP contribution < -0.4 is 0 Å². The Morgan fingerprint density at radius 1 is 0.727 bits per heavy atom. The van der Waals surface area contributed by atoms with Gasteiger partial charge < -0.3 is 72.9 Å². The number of rotatable bonds is 12. The van der Waals surface area contributed by atoms with Crippen LogP contribution in [-0.2, 0) is 52.2 Å². The Morgan fingerprint density at radius 3 is 1.83 bits per heavy atom. The van der Waals surface area contributed by atoms with E-state index in [9.17, 15) is 35.1 Å². The van der Waals surface area contributed by atoms with Crippen molar-refractivity contribution in [2.24, 2.45) is 16.7 Å². The summed E-state index contributed by atoms with van der Waals surface area (Å²) in [5.41, 5.74) is -7.01. The lowest BCUT2D eigenvalue weighted by molar-refractivity contribution is -0.338. The number of phenolic OH excluding ortho intramolecular Hbond substituents is 1. The van der Waals surface area contributed by atoms with Crippen molar-refractivity contribution >= 4 is 11.8 Å². The van der Waals surface area contributed by atoms with Crippen LogP contribution in [0.5, 0.6) is 5.75 Å². The fourth-order valence-corrected chi connectivity index (χ4v) is 13.2. The predicted octanol–water partition coefficient (Wildman–Crippen LogP) is 4.01. The lowest BCUT2D eigenvalue weighted by atomic mass is 9.42. The standard InChI is InChI=1S/C49H72O17/c1-25-41(52)33(57-7)21-39(60-25)65-43-27(3)62-40(23-35(43)59-9)66-42-26(2)61-38(22-34(42)58-8)63-32-15-16-45(5)30(20-32)14-17-48(55)36(45)24-37(64-44(53)29-10-12-31(51)13-11-29)46(6)47(54,28(4)50)18-19-49(46,48)56/h10-14,25-27,32-43,51-52,54-56H,15-24H2,1-9H3. The number of ether oxygens (including phenoxy) is 10. The van der Waals surface area contributed by atoms with Crippen LogP contribution in [0.25, 0.3) is 0 Å². The zero-order valence-electron chi connectivity index (χ0n) is 39.8. The highest BCUT2D eigenvalue weighted by Crippen LogP contribution is 2.71. The number of aliphatic hydroxyl groups is 4. The first kappa shape index (κ1) is 49.8. The summed E-state index contributed by atoms with van der Waals surface area (Å²) in [6, 6.07) is 5.59. The number of fused-ring (bicyclic) bond motifs is 5. The van der Waals surface area contributed by atoms with Crippen molar-refractivity contribution in [2.75, 3.05) is 21.3 Å². The van der Waals surface area contributed by atoms with Crippen LogP contribution in [0.15, 0.2) is 35.9 Å². The van der Waals surface area contributed by atoms with Gasteiger partial charge in [-0.2, -0.15) is 0 Å². The van der Waals surface area contributed by atoms with E-state index >= 15 is 0 Å². The molecule has 1 aromatic carbocycles. The van der Waals surface area contributed by atoms with Gasteiger partial charge in [0.2, 0.25) is 0 Å². The molecular formula is C49H72O17. The van der Waals surface area contributed by atoms with Crippen molar-refractivity contribution in [3.63, 3.8) is 0 Å². The first-order valence-corrected chi connectivity index (χ1v) is 23.7. The second-order valence-corrected chi connectivity index (χ2v) is 20.5. The van der Waals surface area contributed by atoms with E-state index in [-0.39, 0.29) is 49.2 Å². The summed E-state index contributed by atoms with van der Waals surface area (Å²) >= 11 is 0. The van der Waals surface area contributed by atoms with Gasteiger partial charge >= 0.3 is 5.97 Å². The number of Topliss-reactive ketones (excluding diaryl/α,β-unsaturated/α-hetero) is 1. The largest absolute Gasteiger partial charge is 0.508 e. The first-order chi connectivity index (χ1) is 31.2. The number of aliphatic hydroxyl groups excluding tert-OH is 1. The number of ketones is 1. The van der Waals surface area contributed by atoms with E-state index in [1.54, 1.807) is 35.2 Å². The molecule has 17 nitrogen and oxygen atoms in total. The summed E-state index contributed by atoms with van der Waals surface area (Å²) in [4.78, 5) is 27.0. The number of hydrogen-bond donors (Lipinski definition) is 5. The number of aromatic hydroxyl groups is 1. The number of carbonyl (C=O) groups is 2. The van der Waals surface area contributed by atoms with Crippen molar-refractivity contribution in [2.45, 2.75) is 209 Å². The Morgan fingerprint density at radius 2 is 1.27 bits per heavy atom. The van der Waals surface area contributed by atoms with E-state index in [0.717, 1.165) is 5.57 Å². The lowest BCUT2D eigenvalue weighted by Crippen LogP contribution is -2.78. The summed E-state index contributed by atoms with van der Waals surface area (Å²) in [5, 5.41) is 58.2. The number of hydrogen-bond acceptors (Lipinski definition) is 17. The molecule has 0 radical (unpaired) electrons. The highest BCUT2D eigenvalue weighted by atomic mass is 16.7. The third kappa shape index (κ3) is 8.18. The summed E-state index contributed by atoms with van der Waals surface area (Å²) in [6.07, 6.45) is -2.66. The van der Waals surface area contributed by atoms with E-state index in [1.165, 1.54) is 31.2 Å². The van der Waals surface area contributed by atoms with Crippen LogP contribution in [0.1, 0.15) is 116 Å². The Labute approximate surface area is 387 Å². The number of phenols is 1. The zero-order chi connectivity index (χ0) is 47.7. The van der Waals surface area contributed by atoms with E-state index in [2.05, 4.69) is 6.92 Å². The Balaban J connectivity index is 0.927. The molecule has 20 atom stereocenters.